The zero-order valence-electron chi connectivity index (χ0n) is 13.3. The van der Waals surface area contributed by atoms with Crippen LogP contribution in [0.15, 0.2) is 47.6 Å². The van der Waals surface area contributed by atoms with Crippen LogP contribution in [-0.2, 0) is 4.79 Å². The number of nitrogens with zero attached hydrogens (tertiary/aromatic N) is 1. The lowest BCUT2D eigenvalue weighted by Crippen LogP contribution is -2.22. The maximum atomic E-state index is 12.0. The van der Waals surface area contributed by atoms with Gasteiger partial charge in [0.25, 0.3) is 5.91 Å². The molecule has 130 valence electrons. The molecule has 0 spiro atoms. The topological polar surface area (TPSA) is 96.6 Å². The van der Waals surface area contributed by atoms with Gasteiger partial charge in [0.05, 0.1) is 22.7 Å². The summed E-state index contributed by atoms with van der Waals surface area (Å²) in [5.41, 5.74) is 9.63. The van der Waals surface area contributed by atoms with Gasteiger partial charge < -0.3 is 11.1 Å². The Hall–Kier alpha value is -2.57. The van der Waals surface area contributed by atoms with E-state index in [4.69, 9.17) is 28.9 Å². The second-order valence-corrected chi connectivity index (χ2v) is 6.07. The third kappa shape index (κ3) is 5.48. The molecular weight excluding hydrogens is 363 g/mol. The fourth-order valence-corrected chi connectivity index (χ4v) is 2.42. The predicted molar refractivity (Wildman–Crippen MR) is 101 cm³/mol. The SMILES string of the molecule is C/C(CC(=O)Nc1ccc(Cl)cc1Cl)=N\NC(=O)c1ccccc1N. The highest BCUT2D eigenvalue weighted by Gasteiger charge is 2.10. The smallest absolute Gasteiger partial charge is 0.273 e. The third-order valence-electron chi connectivity index (χ3n) is 3.18. The van der Waals surface area contributed by atoms with Crippen LogP contribution in [0.4, 0.5) is 11.4 Å². The van der Waals surface area contributed by atoms with E-state index < -0.39 is 5.91 Å². The van der Waals surface area contributed by atoms with Crippen LogP contribution >= 0.6 is 23.2 Å². The summed E-state index contributed by atoms with van der Waals surface area (Å²) < 4.78 is 0. The standard InChI is InChI=1S/C17H16Cl2N4O2/c1-10(22-23-17(25)12-4-2-3-5-14(12)20)8-16(24)21-15-7-6-11(18)9-13(15)19/h2-7,9H,8,20H2,1H3,(H,21,24)(H,23,25)/b22-10+. The lowest BCUT2D eigenvalue weighted by molar-refractivity contribution is -0.115. The Morgan fingerprint density at radius 2 is 1.88 bits per heavy atom. The van der Waals surface area contributed by atoms with Crippen LogP contribution in [-0.4, -0.2) is 17.5 Å². The van der Waals surface area contributed by atoms with Crippen molar-refractivity contribution in [3.63, 3.8) is 0 Å². The summed E-state index contributed by atoms with van der Waals surface area (Å²) in [6, 6.07) is 11.4. The van der Waals surface area contributed by atoms with Gasteiger partial charge in [-0.3, -0.25) is 9.59 Å². The van der Waals surface area contributed by atoms with Gasteiger partial charge in [-0.05, 0) is 37.3 Å². The summed E-state index contributed by atoms with van der Waals surface area (Å²) in [6.07, 6.45) is -0.0104. The molecule has 0 fully saturated rings. The average molecular weight is 379 g/mol. The monoisotopic (exact) mass is 378 g/mol. The quantitative estimate of drug-likeness (QED) is 0.420. The molecule has 0 heterocycles. The number of nitrogen functional groups attached to an aromatic ring is 1. The zero-order chi connectivity index (χ0) is 18.4. The van der Waals surface area contributed by atoms with Crippen LogP contribution in [0.5, 0.6) is 0 Å². The molecule has 2 aromatic carbocycles. The van der Waals surface area contributed by atoms with Crippen LogP contribution in [0.1, 0.15) is 23.7 Å². The summed E-state index contributed by atoms with van der Waals surface area (Å²) in [6.45, 7) is 1.62. The second-order valence-electron chi connectivity index (χ2n) is 5.22. The molecule has 0 unspecified atom stereocenters. The molecule has 0 saturated heterocycles. The molecule has 0 aliphatic heterocycles. The summed E-state index contributed by atoms with van der Waals surface area (Å²) in [7, 11) is 0. The van der Waals surface area contributed by atoms with Crippen LogP contribution < -0.4 is 16.5 Å². The van der Waals surface area contributed by atoms with Crippen molar-refractivity contribution in [2.45, 2.75) is 13.3 Å². The number of hydrazone groups is 1. The van der Waals surface area contributed by atoms with E-state index in [0.29, 0.717) is 32.7 Å². The lowest BCUT2D eigenvalue weighted by Gasteiger charge is -2.08. The molecule has 0 radical (unpaired) electrons. The van der Waals surface area contributed by atoms with Gasteiger partial charge in [-0.25, -0.2) is 5.43 Å². The number of rotatable bonds is 5. The molecule has 0 aliphatic carbocycles. The molecule has 0 atom stereocenters. The number of hydrogen-bond acceptors (Lipinski definition) is 4. The number of nitrogens with two attached hydrogens (primary N) is 1. The summed E-state index contributed by atoms with van der Waals surface area (Å²) in [5, 5.41) is 7.37. The Balaban J connectivity index is 1.93. The number of anilines is 2. The lowest BCUT2D eigenvalue weighted by atomic mass is 10.2. The molecule has 8 heteroatoms. The number of halogens is 2. The van der Waals surface area contributed by atoms with Gasteiger partial charge in [0.2, 0.25) is 5.91 Å². The molecule has 0 saturated carbocycles. The van der Waals surface area contributed by atoms with Crippen molar-refractivity contribution in [3.05, 3.63) is 58.1 Å². The first-order valence-corrected chi connectivity index (χ1v) is 8.05. The fraction of sp³-hybridized carbons (Fsp3) is 0.118. The van der Waals surface area contributed by atoms with E-state index in [-0.39, 0.29) is 12.3 Å². The van der Waals surface area contributed by atoms with Gasteiger partial charge in [0.1, 0.15) is 0 Å². The first kappa shape index (κ1) is 18.8. The van der Waals surface area contributed by atoms with Gasteiger partial charge in [-0.2, -0.15) is 5.10 Å². The molecule has 2 amide bonds. The van der Waals surface area contributed by atoms with E-state index in [0.717, 1.165) is 0 Å². The highest BCUT2D eigenvalue weighted by atomic mass is 35.5. The molecule has 0 bridgehead atoms. The minimum absolute atomic E-state index is 0.0104. The third-order valence-corrected chi connectivity index (χ3v) is 3.72. The normalized spacial score (nSPS) is 11.1. The van der Waals surface area contributed by atoms with E-state index in [1.165, 1.54) is 6.07 Å². The van der Waals surface area contributed by atoms with E-state index >= 15 is 0 Å². The Bertz CT molecular complexity index is 837. The van der Waals surface area contributed by atoms with Gasteiger partial charge >= 0.3 is 0 Å². The summed E-state index contributed by atoms with van der Waals surface area (Å²) in [5.74, 6) is -0.766. The maximum absolute atomic E-state index is 12.0. The minimum atomic E-state index is -0.446. The zero-order valence-corrected chi connectivity index (χ0v) is 14.9. The van der Waals surface area contributed by atoms with Crippen LogP contribution in [0.3, 0.4) is 0 Å². The molecule has 2 rings (SSSR count). The molecule has 4 N–H and O–H groups in total. The molecule has 6 nitrogen and oxygen atoms in total. The van der Waals surface area contributed by atoms with Crippen molar-refractivity contribution in [3.8, 4) is 0 Å². The largest absolute Gasteiger partial charge is 0.398 e. The minimum Gasteiger partial charge on any atom is -0.398 e. The molecule has 0 aliphatic rings. The van der Waals surface area contributed by atoms with Crippen molar-refractivity contribution in [2.75, 3.05) is 11.1 Å². The van der Waals surface area contributed by atoms with Gasteiger partial charge in [-0.15, -0.1) is 0 Å². The van der Waals surface area contributed by atoms with Crippen LogP contribution in [0.2, 0.25) is 10.0 Å². The van der Waals surface area contributed by atoms with E-state index in [9.17, 15) is 9.59 Å². The number of nitrogens with one attached hydrogen (secondary N) is 2. The molecular formula is C17H16Cl2N4O2. The van der Waals surface area contributed by atoms with Crippen molar-refractivity contribution < 1.29 is 9.59 Å². The van der Waals surface area contributed by atoms with Crippen molar-refractivity contribution in [1.82, 2.24) is 5.43 Å². The van der Waals surface area contributed by atoms with Crippen molar-refractivity contribution in [1.29, 1.82) is 0 Å². The molecule has 2 aromatic rings. The predicted octanol–water partition coefficient (Wildman–Crippen LogP) is 3.71. The van der Waals surface area contributed by atoms with E-state index in [1.54, 1.807) is 43.3 Å². The van der Waals surface area contributed by atoms with Gasteiger partial charge in [-0.1, -0.05) is 35.3 Å². The van der Waals surface area contributed by atoms with Gasteiger partial charge in [0.15, 0.2) is 0 Å². The number of carbonyl (C=O) groups excluding carboxylic acids is 2. The Kier molecular flexibility index (Phi) is 6.38. The number of hydrogen-bond donors (Lipinski definition) is 3. The van der Waals surface area contributed by atoms with E-state index in [1.807, 2.05) is 0 Å². The van der Waals surface area contributed by atoms with Crippen LogP contribution in [0.25, 0.3) is 0 Å². The number of carbonyl (C=O) groups is 2. The van der Waals surface area contributed by atoms with Crippen LogP contribution in [0, 0.1) is 0 Å². The van der Waals surface area contributed by atoms with E-state index in [2.05, 4.69) is 15.8 Å². The summed E-state index contributed by atoms with van der Waals surface area (Å²) >= 11 is 11.8. The first-order valence-electron chi connectivity index (χ1n) is 7.29. The molecule has 25 heavy (non-hydrogen) atoms. The van der Waals surface area contributed by atoms with Gasteiger partial charge in [0, 0.05) is 16.4 Å². The highest BCUT2D eigenvalue weighted by molar-refractivity contribution is 6.36. The number of benzene rings is 2. The average Bonchev–Trinajstić information content (AvgIpc) is 2.55. The van der Waals surface area contributed by atoms with Crippen molar-refractivity contribution >= 4 is 52.1 Å². The Morgan fingerprint density at radius 1 is 1.16 bits per heavy atom. The Morgan fingerprint density at radius 3 is 2.56 bits per heavy atom. The second kappa shape index (κ2) is 8.50. The first-order chi connectivity index (χ1) is 11.9. The number of amides is 2. The summed E-state index contributed by atoms with van der Waals surface area (Å²) in [4.78, 5) is 24.0. The van der Waals surface area contributed by atoms with Crippen molar-refractivity contribution in [2.24, 2.45) is 5.10 Å². The molecule has 0 aromatic heterocycles. The maximum Gasteiger partial charge on any atom is 0.273 e. The Labute approximate surface area is 155 Å². The number of para-hydroxylation sites is 1. The highest BCUT2D eigenvalue weighted by Crippen LogP contribution is 2.25. The fourth-order valence-electron chi connectivity index (χ4n) is 1.97.